The van der Waals surface area contributed by atoms with E-state index in [9.17, 15) is 25.0 Å². The molecule has 2 aromatic carbocycles. The lowest BCUT2D eigenvalue weighted by Crippen LogP contribution is -2.13. The SMILES string of the molecule is CCc1ccc(NC(=O)c2cc([N+](=O)[O-])c(Cl)c([N+](=O)[O-])c2)cc1. The van der Waals surface area contributed by atoms with Crippen LogP contribution in [0.1, 0.15) is 22.8 Å². The molecule has 0 aliphatic heterocycles. The Morgan fingerprint density at radius 1 is 1.08 bits per heavy atom. The number of carbonyl (C=O) groups is 1. The predicted octanol–water partition coefficient (Wildman–Crippen LogP) is 3.97. The van der Waals surface area contributed by atoms with E-state index in [1.807, 2.05) is 19.1 Å². The van der Waals surface area contributed by atoms with E-state index in [4.69, 9.17) is 11.6 Å². The van der Waals surface area contributed by atoms with Gasteiger partial charge in [0.15, 0.2) is 5.02 Å². The van der Waals surface area contributed by atoms with Crippen LogP contribution in [0, 0.1) is 20.2 Å². The largest absolute Gasteiger partial charge is 0.322 e. The number of anilines is 1. The third-order valence-electron chi connectivity index (χ3n) is 3.31. The second-order valence-electron chi connectivity index (χ2n) is 4.85. The monoisotopic (exact) mass is 349 g/mol. The molecule has 0 aromatic heterocycles. The number of halogens is 1. The van der Waals surface area contributed by atoms with Gasteiger partial charge in [-0.25, -0.2) is 0 Å². The highest BCUT2D eigenvalue weighted by Gasteiger charge is 2.27. The fourth-order valence-electron chi connectivity index (χ4n) is 2.02. The first-order valence-corrected chi connectivity index (χ1v) is 7.24. The van der Waals surface area contributed by atoms with Gasteiger partial charge < -0.3 is 5.32 Å². The number of nitrogens with one attached hydrogen (secondary N) is 1. The Hall–Kier alpha value is -3.00. The maximum absolute atomic E-state index is 12.2. The lowest BCUT2D eigenvalue weighted by Gasteiger charge is -2.07. The second-order valence-corrected chi connectivity index (χ2v) is 5.23. The van der Waals surface area contributed by atoms with Gasteiger partial charge in [0.1, 0.15) is 0 Å². The Balaban J connectivity index is 2.37. The zero-order valence-corrected chi connectivity index (χ0v) is 13.2. The van der Waals surface area contributed by atoms with Gasteiger partial charge in [-0.05, 0) is 24.1 Å². The highest BCUT2D eigenvalue weighted by molar-refractivity contribution is 6.35. The van der Waals surface area contributed by atoms with Crippen molar-refractivity contribution in [3.63, 3.8) is 0 Å². The van der Waals surface area contributed by atoms with Crippen LogP contribution in [0.5, 0.6) is 0 Å². The first-order valence-electron chi connectivity index (χ1n) is 6.86. The molecule has 8 nitrogen and oxygen atoms in total. The van der Waals surface area contributed by atoms with Crippen LogP contribution in [0.15, 0.2) is 36.4 Å². The molecule has 2 aromatic rings. The highest BCUT2D eigenvalue weighted by Crippen LogP contribution is 2.35. The Morgan fingerprint density at radius 2 is 1.58 bits per heavy atom. The Kier molecular flexibility index (Phi) is 5.10. The number of amides is 1. The quantitative estimate of drug-likeness (QED) is 0.647. The van der Waals surface area contributed by atoms with Crippen LogP contribution >= 0.6 is 11.6 Å². The van der Waals surface area contributed by atoms with Crippen LogP contribution in [-0.4, -0.2) is 15.8 Å². The molecular formula is C15H12ClN3O5. The van der Waals surface area contributed by atoms with Crippen molar-refractivity contribution in [2.45, 2.75) is 13.3 Å². The minimum atomic E-state index is -0.873. The molecule has 0 saturated heterocycles. The van der Waals surface area contributed by atoms with E-state index in [-0.39, 0.29) is 5.56 Å². The summed E-state index contributed by atoms with van der Waals surface area (Å²) in [6.45, 7) is 1.99. The van der Waals surface area contributed by atoms with E-state index in [0.717, 1.165) is 24.1 Å². The maximum atomic E-state index is 12.2. The van der Waals surface area contributed by atoms with Crippen molar-refractivity contribution < 1.29 is 14.6 Å². The molecular weight excluding hydrogens is 338 g/mol. The topological polar surface area (TPSA) is 115 Å². The number of hydrogen-bond donors (Lipinski definition) is 1. The number of benzene rings is 2. The van der Waals surface area contributed by atoms with Crippen molar-refractivity contribution in [1.29, 1.82) is 0 Å². The summed E-state index contributed by atoms with van der Waals surface area (Å²) in [5, 5.41) is 23.9. The van der Waals surface area contributed by atoms with E-state index in [0.29, 0.717) is 5.69 Å². The number of hydrogen-bond acceptors (Lipinski definition) is 5. The average molecular weight is 350 g/mol. The highest BCUT2D eigenvalue weighted by atomic mass is 35.5. The molecule has 0 fully saturated rings. The first kappa shape index (κ1) is 17.4. The molecule has 0 aliphatic rings. The standard InChI is InChI=1S/C15H12ClN3O5/c1-2-9-3-5-11(6-4-9)17-15(20)10-7-12(18(21)22)14(16)13(8-10)19(23)24/h3-8H,2H2,1H3,(H,17,20). The molecule has 0 spiro atoms. The van der Waals surface area contributed by atoms with Crippen LogP contribution in [0.3, 0.4) is 0 Å². The smallest absolute Gasteiger partial charge is 0.295 e. The van der Waals surface area contributed by atoms with Crippen LogP contribution in [0.4, 0.5) is 17.1 Å². The van der Waals surface area contributed by atoms with Gasteiger partial charge in [0, 0.05) is 17.8 Å². The molecule has 0 saturated carbocycles. The molecule has 1 N–H and O–H groups in total. The number of nitro benzene ring substituents is 2. The van der Waals surface area contributed by atoms with Gasteiger partial charge in [-0.2, -0.15) is 0 Å². The molecule has 0 aliphatic carbocycles. The van der Waals surface area contributed by atoms with Crippen molar-refractivity contribution in [3.05, 3.63) is 72.8 Å². The van der Waals surface area contributed by atoms with Crippen molar-refractivity contribution in [2.24, 2.45) is 0 Å². The molecule has 24 heavy (non-hydrogen) atoms. The van der Waals surface area contributed by atoms with Gasteiger partial charge in [-0.1, -0.05) is 30.7 Å². The van der Waals surface area contributed by atoms with Gasteiger partial charge in [0.2, 0.25) is 0 Å². The lowest BCUT2D eigenvalue weighted by molar-refractivity contribution is -0.393. The average Bonchev–Trinajstić information content (AvgIpc) is 2.55. The van der Waals surface area contributed by atoms with Gasteiger partial charge in [0.05, 0.1) is 15.4 Å². The number of carbonyl (C=O) groups excluding carboxylic acids is 1. The van der Waals surface area contributed by atoms with E-state index >= 15 is 0 Å². The Morgan fingerprint density at radius 3 is 2.00 bits per heavy atom. The molecule has 2 rings (SSSR count). The van der Waals surface area contributed by atoms with Crippen LogP contribution in [0.25, 0.3) is 0 Å². The summed E-state index contributed by atoms with van der Waals surface area (Å²) in [6.07, 6.45) is 0.837. The molecule has 9 heteroatoms. The first-order chi connectivity index (χ1) is 11.3. The van der Waals surface area contributed by atoms with E-state index < -0.39 is 32.2 Å². The van der Waals surface area contributed by atoms with E-state index in [1.54, 1.807) is 12.1 Å². The summed E-state index contributed by atoms with van der Waals surface area (Å²) in [4.78, 5) is 32.4. The number of nitrogens with zero attached hydrogens (tertiary/aromatic N) is 2. The molecule has 0 unspecified atom stereocenters. The Bertz CT molecular complexity index is 785. The van der Waals surface area contributed by atoms with Crippen molar-refractivity contribution in [3.8, 4) is 0 Å². The van der Waals surface area contributed by atoms with Crippen molar-refractivity contribution in [1.82, 2.24) is 0 Å². The summed E-state index contributed by atoms with van der Waals surface area (Å²) in [5.41, 5.74) is -0.0738. The van der Waals surface area contributed by atoms with Gasteiger partial charge in [-0.15, -0.1) is 0 Å². The predicted molar refractivity (Wildman–Crippen MR) is 88.5 cm³/mol. The molecule has 0 atom stereocenters. The van der Waals surface area contributed by atoms with Crippen LogP contribution in [0.2, 0.25) is 5.02 Å². The van der Waals surface area contributed by atoms with E-state index in [2.05, 4.69) is 5.32 Å². The summed E-state index contributed by atoms with van der Waals surface area (Å²) in [7, 11) is 0. The zero-order valence-electron chi connectivity index (χ0n) is 12.5. The van der Waals surface area contributed by atoms with Gasteiger partial charge in [0.25, 0.3) is 17.3 Å². The summed E-state index contributed by atoms with van der Waals surface area (Å²) < 4.78 is 0. The normalized spacial score (nSPS) is 10.2. The fraction of sp³-hybridized carbons (Fsp3) is 0.133. The van der Waals surface area contributed by atoms with Crippen LogP contribution in [-0.2, 0) is 6.42 Å². The summed E-state index contributed by atoms with van der Waals surface area (Å²) in [6, 6.07) is 8.81. The minimum Gasteiger partial charge on any atom is -0.322 e. The summed E-state index contributed by atoms with van der Waals surface area (Å²) >= 11 is 5.65. The summed E-state index contributed by atoms with van der Waals surface area (Å²) in [5.74, 6) is -0.706. The number of rotatable bonds is 5. The molecule has 0 radical (unpaired) electrons. The van der Waals surface area contributed by atoms with Crippen molar-refractivity contribution in [2.75, 3.05) is 5.32 Å². The third kappa shape index (κ3) is 3.66. The minimum absolute atomic E-state index is 0.225. The maximum Gasteiger partial charge on any atom is 0.295 e. The molecule has 0 heterocycles. The second kappa shape index (κ2) is 7.05. The Labute approximate surface area is 141 Å². The molecule has 1 amide bonds. The van der Waals surface area contributed by atoms with Crippen LogP contribution < -0.4 is 5.32 Å². The van der Waals surface area contributed by atoms with Gasteiger partial charge >= 0.3 is 0 Å². The fourth-order valence-corrected chi connectivity index (χ4v) is 2.27. The zero-order chi connectivity index (χ0) is 17.9. The van der Waals surface area contributed by atoms with Gasteiger partial charge in [-0.3, -0.25) is 25.0 Å². The molecule has 124 valence electrons. The number of aryl methyl sites for hydroxylation is 1. The number of nitro groups is 2. The molecule has 0 bridgehead atoms. The lowest BCUT2D eigenvalue weighted by atomic mass is 10.1. The third-order valence-corrected chi connectivity index (χ3v) is 3.70. The van der Waals surface area contributed by atoms with Crippen molar-refractivity contribution >= 4 is 34.6 Å². The van der Waals surface area contributed by atoms with E-state index in [1.165, 1.54) is 0 Å².